The van der Waals surface area contributed by atoms with Crippen molar-refractivity contribution in [2.45, 2.75) is 13.0 Å². The summed E-state index contributed by atoms with van der Waals surface area (Å²) in [5, 5.41) is 14.6. The Morgan fingerprint density at radius 1 is 1.09 bits per heavy atom. The van der Waals surface area contributed by atoms with Crippen LogP contribution < -0.4 is 10.1 Å². The fraction of sp³-hybridized carbons (Fsp3) is 0.154. The molecule has 0 saturated carbocycles. The Balaban J connectivity index is 1.79. The summed E-state index contributed by atoms with van der Waals surface area (Å²) in [4.78, 5) is 29.0. The van der Waals surface area contributed by atoms with E-state index in [1.165, 1.54) is 12.1 Å². The molecule has 5 rings (SSSR count). The Kier molecular flexibility index (Phi) is 5.66. The number of aromatic nitrogens is 2. The SMILES string of the molecule is CCOC(=O)C1=C(c2ccc(OC)cc2)Nc2nc3ccccc3n2[C@@H]1c1ccc([N+](=O)[O-])cc1. The van der Waals surface area contributed by atoms with Crippen LogP contribution in [0.1, 0.15) is 24.1 Å². The number of hydrogen-bond acceptors (Lipinski definition) is 7. The molecule has 1 aliphatic heterocycles. The van der Waals surface area contributed by atoms with Crippen LogP contribution in [-0.4, -0.2) is 34.2 Å². The topological polar surface area (TPSA) is 109 Å². The van der Waals surface area contributed by atoms with Gasteiger partial charge in [-0.15, -0.1) is 0 Å². The second-order valence-corrected chi connectivity index (χ2v) is 7.91. The number of para-hydroxylation sites is 2. The number of non-ortho nitro benzene ring substituents is 1. The van der Waals surface area contributed by atoms with Gasteiger partial charge in [-0.2, -0.15) is 0 Å². The van der Waals surface area contributed by atoms with Crippen LogP contribution >= 0.6 is 0 Å². The summed E-state index contributed by atoms with van der Waals surface area (Å²) < 4.78 is 12.7. The van der Waals surface area contributed by atoms with Gasteiger partial charge in [0, 0.05) is 12.1 Å². The van der Waals surface area contributed by atoms with E-state index in [2.05, 4.69) is 5.32 Å². The van der Waals surface area contributed by atoms with E-state index < -0.39 is 16.9 Å². The molecule has 1 aromatic heterocycles. The maximum atomic E-state index is 13.4. The average molecular weight is 470 g/mol. The van der Waals surface area contributed by atoms with Gasteiger partial charge in [-0.05, 0) is 66.6 Å². The van der Waals surface area contributed by atoms with E-state index in [1.54, 1.807) is 26.2 Å². The van der Waals surface area contributed by atoms with Crippen molar-refractivity contribution in [3.05, 3.63) is 99.6 Å². The molecule has 4 aromatic rings. The highest BCUT2D eigenvalue weighted by molar-refractivity contribution is 6.03. The number of benzene rings is 3. The van der Waals surface area contributed by atoms with Crippen LogP contribution in [0.25, 0.3) is 16.7 Å². The Morgan fingerprint density at radius 3 is 2.46 bits per heavy atom. The number of rotatable bonds is 6. The minimum atomic E-state index is -0.629. The third-order valence-electron chi connectivity index (χ3n) is 5.93. The predicted octanol–water partition coefficient (Wildman–Crippen LogP) is 4.94. The molecule has 1 atom stereocenters. The minimum Gasteiger partial charge on any atom is -0.497 e. The van der Waals surface area contributed by atoms with Crippen molar-refractivity contribution in [3.63, 3.8) is 0 Å². The lowest BCUT2D eigenvalue weighted by Gasteiger charge is -2.31. The second-order valence-electron chi connectivity index (χ2n) is 7.91. The molecule has 3 aromatic carbocycles. The van der Waals surface area contributed by atoms with Gasteiger partial charge >= 0.3 is 5.97 Å². The number of methoxy groups -OCH3 is 1. The van der Waals surface area contributed by atoms with Crippen LogP contribution in [-0.2, 0) is 9.53 Å². The van der Waals surface area contributed by atoms with Crippen LogP contribution in [0.5, 0.6) is 5.75 Å². The normalized spacial score (nSPS) is 14.9. The largest absolute Gasteiger partial charge is 0.497 e. The first kappa shape index (κ1) is 22.1. The van der Waals surface area contributed by atoms with Gasteiger partial charge in [0.15, 0.2) is 0 Å². The van der Waals surface area contributed by atoms with Crippen LogP contribution in [0.3, 0.4) is 0 Å². The number of nitro benzene ring substituents is 1. The molecule has 2 heterocycles. The van der Waals surface area contributed by atoms with Crippen molar-refractivity contribution in [3.8, 4) is 5.75 Å². The Labute approximate surface area is 200 Å². The van der Waals surface area contributed by atoms with Gasteiger partial charge in [-0.25, -0.2) is 9.78 Å². The van der Waals surface area contributed by atoms with Crippen molar-refractivity contribution in [1.82, 2.24) is 9.55 Å². The molecule has 176 valence electrons. The van der Waals surface area contributed by atoms with Gasteiger partial charge in [-0.3, -0.25) is 14.7 Å². The number of carbonyl (C=O) groups is 1. The third kappa shape index (κ3) is 3.86. The number of anilines is 1. The van der Waals surface area contributed by atoms with E-state index in [0.717, 1.165) is 16.6 Å². The van der Waals surface area contributed by atoms with Gasteiger partial charge in [0.05, 0.1) is 47.0 Å². The van der Waals surface area contributed by atoms with E-state index in [9.17, 15) is 14.9 Å². The number of esters is 1. The zero-order chi connectivity index (χ0) is 24.5. The first-order chi connectivity index (χ1) is 17.0. The lowest BCUT2D eigenvalue weighted by atomic mass is 9.92. The fourth-order valence-corrected chi connectivity index (χ4v) is 4.34. The summed E-state index contributed by atoms with van der Waals surface area (Å²) >= 11 is 0. The number of nitrogens with zero attached hydrogens (tertiary/aromatic N) is 3. The molecule has 0 radical (unpaired) electrons. The number of imidazole rings is 1. The molecular weight excluding hydrogens is 448 g/mol. The molecule has 1 aliphatic rings. The van der Waals surface area contributed by atoms with E-state index in [4.69, 9.17) is 14.5 Å². The molecule has 9 nitrogen and oxygen atoms in total. The summed E-state index contributed by atoms with van der Waals surface area (Å²) in [6, 6.07) is 20.5. The minimum absolute atomic E-state index is 0.0320. The Morgan fingerprint density at radius 2 is 1.80 bits per heavy atom. The van der Waals surface area contributed by atoms with Crippen molar-refractivity contribution in [2.75, 3.05) is 19.0 Å². The predicted molar refractivity (Wildman–Crippen MR) is 131 cm³/mol. The summed E-state index contributed by atoms with van der Waals surface area (Å²) in [5.41, 5.74) is 3.90. The van der Waals surface area contributed by atoms with Crippen molar-refractivity contribution in [1.29, 1.82) is 0 Å². The van der Waals surface area contributed by atoms with Gasteiger partial charge in [0.2, 0.25) is 5.95 Å². The summed E-state index contributed by atoms with van der Waals surface area (Å²) in [7, 11) is 1.59. The number of nitrogens with one attached hydrogen (secondary N) is 1. The Hall–Kier alpha value is -4.66. The lowest BCUT2D eigenvalue weighted by Crippen LogP contribution is -2.29. The number of ether oxygens (including phenoxy) is 2. The van der Waals surface area contributed by atoms with Crippen LogP contribution in [0.15, 0.2) is 78.4 Å². The van der Waals surface area contributed by atoms with E-state index >= 15 is 0 Å². The molecular formula is C26H22N4O5. The smallest absolute Gasteiger partial charge is 0.338 e. The zero-order valence-corrected chi connectivity index (χ0v) is 19.1. The van der Waals surface area contributed by atoms with Gasteiger partial charge < -0.3 is 14.8 Å². The standard InChI is InChI=1S/C26H22N4O5/c1-3-35-25(31)22-23(16-10-14-19(34-2)15-11-16)28-26-27-20-6-4-5-7-21(20)29(26)24(22)17-8-12-18(13-9-17)30(32)33/h4-15,24H,3H2,1-2H3,(H,27,28)/t24-/m1/s1. The monoisotopic (exact) mass is 470 g/mol. The molecule has 0 fully saturated rings. The summed E-state index contributed by atoms with van der Waals surface area (Å²) in [5.74, 6) is 0.744. The van der Waals surface area contributed by atoms with Gasteiger partial charge in [0.1, 0.15) is 5.75 Å². The summed E-state index contributed by atoms with van der Waals surface area (Å²) in [6.07, 6.45) is 0. The van der Waals surface area contributed by atoms with Crippen molar-refractivity contribution >= 4 is 34.3 Å². The van der Waals surface area contributed by atoms with Gasteiger partial charge in [-0.1, -0.05) is 12.1 Å². The molecule has 35 heavy (non-hydrogen) atoms. The second kappa shape index (κ2) is 8.94. The molecule has 9 heteroatoms. The van der Waals surface area contributed by atoms with Crippen LogP contribution in [0.4, 0.5) is 11.6 Å². The maximum absolute atomic E-state index is 13.4. The molecule has 0 amide bonds. The number of hydrogen-bond donors (Lipinski definition) is 1. The average Bonchev–Trinajstić information content (AvgIpc) is 3.26. The lowest BCUT2D eigenvalue weighted by molar-refractivity contribution is -0.384. The van der Waals surface area contributed by atoms with Crippen molar-refractivity contribution < 1.29 is 19.2 Å². The van der Waals surface area contributed by atoms with E-state index in [0.29, 0.717) is 28.5 Å². The number of fused-ring (bicyclic) bond motifs is 3. The molecule has 0 aliphatic carbocycles. The molecule has 1 N–H and O–H groups in total. The van der Waals surface area contributed by atoms with Crippen molar-refractivity contribution in [2.24, 2.45) is 0 Å². The van der Waals surface area contributed by atoms with Gasteiger partial charge in [0.25, 0.3) is 5.69 Å². The quantitative estimate of drug-likeness (QED) is 0.241. The first-order valence-electron chi connectivity index (χ1n) is 11.1. The highest BCUT2D eigenvalue weighted by Gasteiger charge is 2.37. The molecule has 0 spiro atoms. The van der Waals surface area contributed by atoms with Crippen LogP contribution in [0.2, 0.25) is 0 Å². The Bertz CT molecular complexity index is 1460. The number of nitro groups is 1. The molecule has 0 saturated heterocycles. The third-order valence-corrected chi connectivity index (χ3v) is 5.93. The molecule has 0 bridgehead atoms. The first-order valence-corrected chi connectivity index (χ1v) is 11.1. The summed E-state index contributed by atoms with van der Waals surface area (Å²) in [6.45, 7) is 1.95. The highest BCUT2D eigenvalue weighted by Crippen LogP contribution is 2.42. The number of carbonyl (C=O) groups excluding carboxylic acids is 1. The zero-order valence-electron chi connectivity index (χ0n) is 19.1. The maximum Gasteiger partial charge on any atom is 0.338 e. The molecule has 0 unspecified atom stereocenters. The van der Waals surface area contributed by atoms with E-state index in [-0.39, 0.29) is 12.3 Å². The van der Waals surface area contributed by atoms with E-state index in [1.807, 2.05) is 53.1 Å². The highest BCUT2D eigenvalue weighted by atomic mass is 16.6. The van der Waals surface area contributed by atoms with Crippen LogP contribution in [0, 0.1) is 10.1 Å². The fourth-order valence-electron chi connectivity index (χ4n) is 4.34.